The van der Waals surface area contributed by atoms with E-state index in [0.717, 1.165) is 32.2 Å². The molecular weight excluding hydrogens is 758 g/mol. The Labute approximate surface area is 354 Å². The fourth-order valence-electron chi connectivity index (χ4n) is 7.14. The van der Waals surface area contributed by atoms with E-state index in [1.54, 1.807) is 6.08 Å². The van der Waals surface area contributed by atoms with Crippen LogP contribution in [0.1, 0.15) is 185 Å². The molecule has 7 heteroatoms. The Morgan fingerprint density at radius 2 is 1.11 bits per heavy atom. The van der Waals surface area contributed by atoms with E-state index in [1.807, 2.05) is 6.08 Å². The maximum absolute atomic E-state index is 12.4. The van der Waals surface area contributed by atoms with Crippen LogP contribution in [0.3, 0.4) is 0 Å². The number of carbonyl (C=O) groups is 1. The number of aryl methyl sites for hydroxylation is 1. The van der Waals surface area contributed by atoms with Crippen LogP contribution in [-0.2, 0) is 11.3 Å². The van der Waals surface area contributed by atoms with Gasteiger partial charge in [0.2, 0.25) is 5.91 Å². The molecule has 0 spiro atoms. The summed E-state index contributed by atoms with van der Waals surface area (Å²) in [5.74, 6) is -0.0730. The summed E-state index contributed by atoms with van der Waals surface area (Å²) < 4.78 is 2.30. The molecule has 2 aromatic rings. The highest BCUT2D eigenvalue weighted by Gasteiger charge is 2.18. The maximum atomic E-state index is 12.4. The Hall–Kier alpha value is -2.48. The van der Waals surface area contributed by atoms with Gasteiger partial charge in [0, 0.05) is 44.8 Å². The normalized spacial score (nSPS) is 12.6. The number of pyridine rings is 1. The molecule has 1 aromatic carbocycles. The third-order valence-electron chi connectivity index (χ3n) is 10.9. The van der Waals surface area contributed by atoms with Gasteiger partial charge in [-0.05, 0) is 48.9 Å². The Bertz CT molecular complexity index is 1250. The summed E-state index contributed by atoms with van der Waals surface area (Å²) in [7, 11) is 4.13. The van der Waals surface area contributed by atoms with E-state index in [-0.39, 0.29) is 29.5 Å². The van der Waals surface area contributed by atoms with Crippen LogP contribution in [0, 0.1) is 0 Å². The molecule has 0 saturated carbocycles. The van der Waals surface area contributed by atoms with Gasteiger partial charge in [-0.2, -0.15) is 0 Å². The van der Waals surface area contributed by atoms with Crippen LogP contribution < -0.4 is 31.8 Å². The van der Waals surface area contributed by atoms with Crippen LogP contribution in [0.25, 0.3) is 12.2 Å². The molecule has 0 saturated heterocycles. The Balaban J connectivity index is 0.0000157. The molecule has 1 aromatic heterocycles. The third-order valence-corrected chi connectivity index (χ3v) is 10.9. The van der Waals surface area contributed by atoms with E-state index in [4.69, 9.17) is 0 Å². The zero-order chi connectivity index (χ0) is 39.6. The Kier molecular flexibility index (Phi) is 32.8. The highest BCUT2D eigenvalue weighted by molar-refractivity contribution is 5.76. The summed E-state index contributed by atoms with van der Waals surface area (Å²) in [5.41, 5.74) is 3.66. The average molecular weight is 841 g/mol. The Morgan fingerprint density at radius 1 is 0.661 bits per heavy atom. The van der Waals surface area contributed by atoms with Gasteiger partial charge in [0.1, 0.15) is 6.54 Å². The predicted octanol–water partition coefficient (Wildman–Crippen LogP) is 8.77. The number of anilines is 1. The molecule has 0 radical (unpaired) electrons. The number of hydrogen-bond acceptors (Lipinski definition) is 4. The number of carbonyl (C=O) groups excluding carboxylic acids is 1. The number of nitrogens with one attached hydrogen (secondary N) is 1. The third kappa shape index (κ3) is 27.2. The van der Waals surface area contributed by atoms with Gasteiger partial charge in [-0.25, -0.2) is 4.57 Å². The minimum absolute atomic E-state index is 0. The Morgan fingerprint density at radius 3 is 1.59 bits per heavy atom. The first-order valence-electron chi connectivity index (χ1n) is 22.6. The van der Waals surface area contributed by atoms with Crippen LogP contribution in [0.4, 0.5) is 5.69 Å². The number of nitrogens with zero attached hydrogens (tertiary/aromatic N) is 2. The van der Waals surface area contributed by atoms with Crippen LogP contribution in [-0.4, -0.2) is 49.0 Å². The summed E-state index contributed by atoms with van der Waals surface area (Å²) in [4.78, 5) is 14.5. The zero-order valence-corrected chi connectivity index (χ0v) is 37.5. The minimum atomic E-state index is -0.846. The molecule has 0 unspecified atom stereocenters. The topological polar surface area (TPSA) is 76.7 Å². The number of aliphatic hydroxyl groups is 2. The fraction of sp³-hybridized carbons (Fsp3) is 0.673. The quantitative estimate of drug-likeness (QED) is 0.0369. The molecule has 0 bridgehead atoms. The number of aliphatic hydroxyl groups excluding tert-OH is 2. The molecule has 3 N–H and O–H groups in total. The van der Waals surface area contributed by atoms with Crippen molar-refractivity contribution < 1.29 is 36.6 Å². The van der Waals surface area contributed by atoms with Crippen LogP contribution in [0.2, 0.25) is 0 Å². The van der Waals surface area contributed by atoms with Crippen molar-refractivity contribution >= 4 is 23.7 Å². The standard InChI is InChI=1S/C49H81N3O3.BrH/c1-4-5-6-7-8-9-10-12-15-18-21-24-27-30-48(54)47(43-53)50-49(55)31-28-25-22-19-16-13-11-14-17-20-23-26-29-40-52-41-38-45(39-42-52)33-32-44-34-36-46(37-35-44)51(2)3;/h27,30,32-39,41-42,47-48,53-54H,4-26,28-29,31,40,43H2,1-3H3;1H/b30-27+;/t47-,48+;/m0./s1. The maximum Gasteiger partial charge on any atom is 0.220 e. The summed E-state index contributed by atoms with van der Waals surface area (Å²) in [6.45, 7) is 3.10. The van der Waals surface area contributed by atoms with E-state index in [9.17, 15) is 15.0 Å². The molecule has 318 valence electrons. The molecule has 0 aliphatic carbocycles. The van der Waals surface area contributed by atoms with Crippen molar-refractivity contribution in [1.82, 2.24) is 5.32 Å². The van der Waals surface area contributed by atoms with Crippen molar-refractivity contribution in [2.75, 3.05) is 25.6 Å². The first-order chi connectivity index (χ1) is 26.9. The number of allylic oxidation sites excluding steroid dienone is 1. The van der Waals surface area contributed by atoms with Crippen molar-refractivity contribution in [1.29, 1.82) is 0 Å². The monoisotopic (exact) mass is 840 g/mol. The molecule has 0 aliphatic heterocycles. The second-order valence-electron chi connectivity index (χ2n) is 16.1. The molecule has 1 heterocycles. The summed E-state index contributed by atoms with van der Waals surface area (Å²) in [6.07, 6.45) is 43.8. The zero-order valence-electron chi connectivity index (χ0n) is 36.0. The highest BCUT2D eigenvalue weighted by Crippen LogP contribution is 2.16. The van der Waals surface area contributed by atoms with Gasteiger partial charge in [0.15, 0.2) is 12.4 Å². The van der Waals surface area contributed by atoms with Gasteiger partial charge in [0.05, 0.1) is 18.8 Å². The van der Waals surface area contributed by atoms with E-state index in [2.05, 4.69) is 96.7 Å². The number of halogens is 1. The van der Waals surface area contributed by atoms with Crippen molar-refractivity contribution in [3.8, 4) is 0 Å². The lowest BCUT2D eigenvalue weighted by Gasteiger charge is -2.20. The van der Waals surface area contributed by atoms with E-state index in [0.29, 0.717) is 6.42 Å². The van der Waals surface area contributed by atoms with Crippen molar-refractivity contribution in [3.63, 3.8) is 0 Å². The minimum Gasteiger partial charge on any atom is -1.00 e. The van der Waals surface area contributed by atoms with Gasteiger partial charge in [-0.1, -0.05) is 172 Å². The fourth-order valence-corrected chi connectivity index (χ4v) is 7.14. The number of aromatic nitrogens is 1. The number of rotatable bonds is 35. The first kappa shape index (κ1) is 51.5. The number of amides is 1. The summed E-state index contributed by atoms with van der Waals surface area (Å²) in [5, 5.41) is 23.0. The highest BCUT2D eigenvalue weighted by atomic mass is 79.9. The average Bonchev–Trinajstić information content (AvgIpc) is 3.19. The van der Waals surface area contributed by atoms with Gasteiger partial charge < -0.3 is 37.4 Å². The van der Waals surface area contributed by atoms with E-state index >= 15 is 0 Å². The molecule has 2 rings (SSSR count). The van der Waals surface area contributed by atoms with Crippen LogP contribution in [0.15, 0.2) is 60.9 Å². The molecule has 1 amide bonds. The lowest BCUT2D eigenvalue weighted by atomic mass is 10.0. The van der Waals surface area contributed by atoms with E-state index in [1.165, 1.54) is 152 Å². The first-order valence-corrected chi connectivity index (χ1v) is 22.6. The number of unbranched alkanes of at least 4 members (excludes halogenated alkanes) is 23. The molecule has 2 atom stereocenters. The molecule has 6 nitrogen and oxygen atoms in total. The smallest absolute Gasteiger partial charge is 0.220 e. The number of hydrogen-bond donors (Lipinski definition) is 3. The van der Waals surface area contributed by atoms with Gasteiger partial charge in [0.25, 0.3) is 0 Å². The summed E-state index contributed by atoms with van der Waals surface area (Å²) >= 11 is 0. The SMILES string of the molecule is CCCCCCCCCCCCC/C=C/[C@@H](O)[C@H](CO)NC(=O)CCCCCCCCCCCCCCC[n+]1ccc(/C=C/c2ccc(N(C)C)cc2)cc1.[Br-]. The van der Waals surface area contributed by atoms with Crippen LogP contribution in [0.5, 0.6) is 0 Å². The van der Waals surface area contributed by atoms with Crippen molar-refractivity contribution in [2.45, 2.75) is 193 Å². The van der Waals surface area contributed by atoms with Gasteiger partial charge in [-0.3, -0.25) is 4.79 Å². The van der Waals surface area contributed by atoms with Gasteiger partial charge >= 0.3 is 0 Å². The van der Waals surface area contributed by atoms with Crippen LogP contribution >= 0.6 is 0 Å². The summed E-state index contributed by atoms with van der Waals surface area (Å²) in [6, 6.07) is 12.4. The second-order valence-corrected chi connectivity index (χ2v) is 16.1. The molecule has 56 heavy (non-hydrogen) atoms. The van der Waals surface area contributed by atoms with Gasteiger partial charge in [-0.15, -0.1) is 0 Å². The lowest BCUT2D eigenvalue weighted by Crippen LogP contribution is -3.00. The lowest BCUT2D eigenvalue weighted by molar-refractivity contribution is -0.697. The van der Waals surface area contributed by atoms with Crippen molar-refractivity contribution in [3.05, 3.63) is 72.1 Å². The predicted molar refractivity (Wildman–Crippen MR) is 236 cm³/mol. The second kappa shape index (κ2) is 35.7. The number of benzene rings is 1. The molecular formula is C49H82BrN3O3. The largest absolute Gasteiger partial charge is 1.00 e. The van der Waals surface area contributed by atoms with E-state index < -0.39 is 12.1 Å². The molecule has 0 fully saturated rings. The van der Waals surface area contributed by atoms with Crippen molar-refractivity contribution in [2.24, 2.45) is 0 Å². The molecule has 0 aliphatic rings.